The van der Waals surface area contributed by atoms with Crippen LogP contribution in [0.5, 0.6) is 11.5 Å². The fraction of sp³-hybridized carbons (Fsp3) is 0.296. The number of aliphatic hydroxyl groups is 1. The van der Waals surface area contributed by atoms with Crippen molar-refractivity contribution >= 4 is 5.71 Å². The van der Waals surface area contributed by atoms with Crippen molar-refractivity contribution in [2.24, 2.45) is 5.16 Å². The smallest absolute Gasteiger partial charge is 0.160 e. The molecule has 174 valence electrons. The molecule has 33 heavy (non-hydrogen) atoms. The first-order chi connectivity index (χ1) is 16.1. The quantitative estimate of drug-likeness (QED) is 0.323. The maximum atomic E-state index is 10.4. The van der Waals surface area contributed by atoms with E-state index in [0.29, 0.717) is 18.0 Å². The van der Waals surface area contributed by atoms with Crippen molar-refractivity contribution in [2.75, 3.05) is 27.4 Å². The number of hydrogen-bond acceptors (Lipinski definition) is 6. The molecule has 0 saturated carbocycles. The highest BCUT2D eigenvalue weighted by molar-refractivity contribution is 6.12. The second kappa shape index (κ2) is 12.6. The number of rotatable bonds is 12. The SMILES string of the molecule is COc1ccc(CC(C)NCC(O)CON=C(c2ccccc2)c2ccccc2)cc1OC. The molecule has 0 bridgehead atoms. The fourth-order valence-corrected chi connectivity index (χ4v) is 3.48. The summed E-state index contributed by atoms with van der Waals surface area (Å²) in [6.45, 7) is 2.57. The minimum atomic E-state index is -0.686. The van der Waals surface area contributed by atoms with Gasteiger partial charge >= 0.3 is 0 Å². The van der Waals surface area contributed by atoms with Gasteiger partial charge in [0.15, 0.2) is 11.5 Å². The van der Waals surface area contributed by atoms with Gasteiger partial charge in [-0.05, 0) is 31.0 Å². The summed E-state index contributed by atoms with van der Waals surface area (Å²) in [6.07, 6.45) is 0.104. The second-order valence-electron chi connectivity index (χ2n) is 7.82. The Hall–Kier alpha value is -3.35. The van der Waals surface area contributed by atoms with E-state index in [1.807, 2.05) is 78.9 Å². The minimum absolute atomic E-state index is 0.0965. The average molecular weight is 449 g/mol. The number of methoxy groups -OCH3 is 2. The van der Waals surface area contributed by atoms with E-state index in [1.54, 1.807) is 14.2 Å². The van der Waals surface area contributed by atoms with Crippen LogP contribution in [0.3, 0.4) is 0 Å². The first-order valence-corrected chi connectivity index (χ1v) is 11.0. The molecule has 2 unspecified atom stereocenters. The Balaban J connectivity index is 1.52. The van der Waals surface area contributed by atoms with E-state index in [9.17, 15) is 5.11 Å². The van der Waals surface area contributed by atoms with Crippen molar-refractivity contribution in [3.05, 3.63) is 95.6 Å². The van der Waals surface area contributed by atoms with Crippen LogP contribution in [-0.2, 0) is 11.3 Å². The maximum Gasteiger partial charge on any atom is 0.160 e. The Kier molecular flexibility index (Phi) is 9.30. The number of nitrogens with zero attached hydrogens (tertiary/aromatic N) is 1. The molecule has 0 aliphatic heterocycles. The summed E-state index contributed by atoms with van der Waals surface area (Å²) in [5.41, 5.74) is 3.77. The van der Waals surface area contributed by atoms with Crippen LogP contribution >= 0.6 is 0 Å². The van der Waals surface area contributed by atoms with Gasteiger partial charge in [0.05, 0.1) is 14.2 Å². The predicted octanol–water partition coefficient (Wildman–Crippen LogP) is 4.05. The number of benzene rings is 3. The molecule has 2 atom stereocenters. The molecule has 0 amide bonds. The lowest BCUT2D eigenvalue weighted by Crippen LogP contribution is -2.36. The fourth-order valence-electron chi connectivity index (χ4n) is 3.48. The third-order valence-corrected chi connectivity index (χ3v) is 5.21. The number of aliphatic hydroxyl groups excluding tert-OH is 1. The molecule has 2 N–H and O–H groups in total. The van der Waals surface area contributed by atoms with Crippen LogP contribution < -0.4 is 14.8 Å². The van der Waals surface area contributed by atoms with Gasteiger partial charge in [-0.3, -0.25) is 0 Å². The van der Waals surface area contributed by atoms with Crippen LogP contribution in [-0.4, -0.2) is 50.3 Å². The maximum absolute atomic E-state index is 10.4. The monoisotopic (exact) mass is 448 g/mol. The Morgan fingerprint density at radius 2 is 1.48 bits per heavy atom. The highest BCUT2D eigenvalue weighted by atomic mass is 16.6. The van der Waals surface area contributed by atoms with Crippen LogP contribution in [0, 0.1) is 0 Å². The van der Waals surface area contributed by atoms with Gasteiger partial charge in [-0.15, -0.1) is 0 Å². The number of oxime groups is 1. The molecule has 0 aliphatic carbocycles. The van der Waals surface area contributed by atoms with E-state index >= 15 is 0 Å². The van der Waals surface area contributed by atoms with Gasteiger partial charge in [-0.2, -0.15) is 0 Å². The van der Waals surface area contributed by atoms with E-state index in [4.69, 9.17) is 14.3 Å². The molecule has 0 heterocycles. The van der Waals surface area contributed by atoms with Gasteiger partial charge in [-0.25, -0.2) is 0 Å². The summed E-state index contributed by atoms with van der Waals surface area (Å²) in [4.78, 5) is 5.54. The average Bonchev–Trinajstić information content (AvgIpc) is 2.86. The Labute approximate surface area is 195 Å². The predicted molar refractivity (Wildman–Crippen MR) is 131 cm³/mol. The van der Waals surface area contributed by atoms with Crippen LogP contribution in [0.2, 0.25) is 0 Å². The van der Waals surface area contributed by atoms with Gasteiger partial charge in [-0.1, -0.05) is 71.9 Å². The second-order valence-corrected chi connectivity index (χ2v) is 7.82. The molecule has 0 fully saturated rings. The molecule has 0 radical (unpaired) electrons. The first-order valence-electron chi connectivity index (χ1n) is 11.0. The van der Waals surface area contributed by atoms with Gasteiger partial charge < -0.3 is 24.7 Å². The molecule has 0 aromatic heterocycles. The Bertz CT molecular complexity index is 968. The molecule has 3 aromatic carbocycles. The standard InChI is InChI=1S/C27H32N2O4/c1-20(16-21-14-15-25(31-2)26(17-21)32-3)28-18-24(30)19-33-29-27(22-10-6-4-7-11-22)23-12-8-5-9-13-23/h4-15,17,20,24,28,30H,16,18-19H2,1-3H3. The third kappa shape index (κ3) is 7.34. The Morgan fingerprint density at radius 3 is 2.06 bits per heavy atom. The summed E-state index contributed by atoms with van der Waals surface area (Å²) in [5.74, 6) is 1.42. The first kappa shape index (κ1) is 24.3. The molecule has 6 nitrogen and oxygen atoms in total. The molecule has 0 spiro atoms. The van der Waals surface area contributed by atoms with Gasteiger partial charge in [0.2, 0.25) is 0 Å². The van der Waals surface area contributed by atoms with Crippen molar-refractivity contribution in [3.8, 4) is 11.5 Å². The zero-order valence-corrected chi connectivity index (χ0v) is 19.4. The van der Waals surface area contributed by atoms with E-state index in [2.05, 4.69) is 17.4 Å². The van der Waals surface area contributed by atoms with Crippen LogP contribution in [0.1, 0.15) is 23.6 Å². The summed E-state index contributed by atoms with van der Waals surface area (Å²) in [5, 5.41) is 18.1. The molecule has 0 saturated heterocycles. The highest BCUT2D eigenvalue weighted by Gasteiger charge is 2.12. The molecule has 3 aromatic rings. The van der Waals surface area contributed by atoms with Crippen molar-refractivity contribution in [1.29, 1.82) is 0 Å². The number of nitrogens with one attached hydrogen (secondary N) is 1. The van der Waals surface area contributed by atoms with Crippen molar-refractivity contribution in [1.82, 2.24) is 5.32 Å². The normalized spacial score (nSPS) is 12.5. The molecule has 6 heteroatoms. The van der Waals surface area contributed by atoms with E-state index in [-0.39, 0.29) is 12.6 Å². The molecular weight excluding hydrogens is 416 g/mol. The van der Waals surface area contributed by atoms with E-state index in [0.717, 1.165) is 28.8 Å². The van der Waals surface area contributed by atoms with E-state index < -0.39 is 6.10 Å². The number of hydrogen-bond donors (Lipinski definition) is 2. The molecule has 0 aliphatic rings. The summed E-state index contributed by atoms with van der Waals surface area (Å²) < 4.78 is 10.7. The Morgan fingerprint density at radius 1 is 0.879 bits per heavy atom. The van der Waals surface area contributed by atoms with Crippen molar-refractivity contribution < 1.29 is 19.4 Å². The van der Waals surface area contributed by atoms with Gasteiger partial charge in [0, 0.05) is 23.7 Å². The van der Waals surface area contributed by atoms with Crippen LogP contribution in [0.4, 0.5) is 0 Å². The third-order valence-electron chi connectivity index (χ3n) is 5.21. The topological polar surface area (TPSA) is 72.3 Å². The van der Waals surface area contributed by atoms with Crippen LogP contribution in [0.25, 0.3) is 0 Å². The molecular formula is C27H32N2O4. The lowest BCUT2D eigenvalue weighted by Gasteiger charge is -2.17. The molecule has 3 rings (SSSR count). The lowest BCUT2D eigenvalue weighted by atomic mass is 10.0. The highest BCUT2D eigenvalue weighted by Crippen LogP contribution is 2.27. The van der Waals surface area contributed by atoms with Gasteiger partial charge in [0.25, 0.3) is 0 Å². The summed E-state index contributed by atoms with van der Waals surface area (Å²) >= 11 is 0. The van der Waals surface area contributed by atoms with Gasteiger partial charge in [0.1, 0.15) is 18.4 Å². The summed E-state index contributed by atoms with van der Waals surface area (Å²) in [6, 6.07) is 25.8. The largest absolute Gasteiger partial charge is 0.493 e. The van der Waals surface area contributed by atoms with Crippen LogP contribution in [0.15, 0.2) is 84.0 Å². The van der Waals surface area contributed by atoms with Crippen molar-refractivity contribution in [2.45, 2.75) is 25.5 Å². The lowest BCUT2D eigenvalue weighted by molar-refractivity contribution is 0.0393. The van der Waals surface area contributed by atoms with Crippen molar-refractivity contribution in [3.63, 3.8) is 0 Å². The summed E-state index contributed by atoms with van der Waals surface area (Å²) in [7, 11) is 3.25. The van der Waals surface area contributed by atoms with E-state index in [1.165, 1.54) is 0 Å². The zero-order valence-electron chi connectivity index (χ0n) is 19.4. The zero-order chi connectivity index (χ0) is 23.5. The minimum Gasteiger partial charge on any atom is -0.493 e. The number of ether oxygens (including phenoxy) is 2.